The monoisotopic (exact) mass is 247 g/mol. The first-order valence-corrected chi connectivity index (χ1v) is 6.62. The maximum atomic E-state index is 11.6. The molecule has 1 atom stereocenters. The Morgan fingerprint density at radius 2 is 1.94 bits per heavy atom. The molecular weight excluding hydrogens is 226 g/mol. The molecule has 1 amide bonds. The van der Waals surface area contributed by atoms with Gasteiger partial charge in [-0.1, -0.05) is 6.92 Å². The van der Waals surface area contributed by atoms with Crippen LogP contribution < -0.4 is 16.0 Å². The summed E-state index contributed by atoms with van der Waals surface area (Å²) >= 11 is 0. The van der Waals surface area contributed by atoms with Gasteiger partial charge in [-0.2, -0.15) is 0 Å². The second kappa shape index (κ2) is 5.87. The van der Waals surface area contributed by atoms with Crippen molar-refractivity contribution in [3.63, 3.8) is 0 Å². The zero-order valence-electron chi connectivity index (χ0n) is 10.9. The molecule has 1 heterocycles. The molecule has 0 bridgehead atoms. The van der Waals surface area contributed by atoms with E-state index in [9.17, 15) is 4.79 Å². The molecule has 0 aromatic heterocycles. The van der Waals surface area contributed by atoms with Crippen LogP contribution in [0.15, 0.2) is 24.3 Å². The average molecular weight is 247 g/mol. The minimum atomic E-state index is -0.428. The third-order valence-electron chi connectivity index (χ3n) is 3.38. The quantitative estimate of drug-likeness (QED) is 0.855. The Morgan fingerprint density at radius 3 is 2.50 bits per heavy atom. The summed E-state index contributed by atoms with van der Waals surface area (Å²) in [7, 11) is 0. The number of nitrogens with zero attached hydrogens (tertiary/aromatic N) is 1. The Balaban J connectivity index is 1.97. The molecular formula is C14H21N3O. The fraction of sp³-hybridized carbons (Fsp3) is 0.500. The maximum Gasteiger partial charge on any atom is 0.241 e. The topological polar surface area (TPSA) is 58.4 Å². The van der Waals surface area contributed by atoms with Crippen molar-refractivity contribution in [2.24, 2.45) is 5.73 Å². The lowest BCUT2D eigenvalue weighted by atomic mass is 10.2. The molecule has 1 aliphatic rings. The molecule has 1 aliphatic heterocycles. The fourth-order valence-corrected chi connectivity index (χ4v) is 2.15. The molecule has 18 heavy (non-hydrogen) atoms. The van der Waals surface area contributed by atoms with Crippen LogP contribution in [0.1, 0.15) is 26.2 Å². The van der Waals surface area contributed by atoms with Crippen LogP contribution in [-0.4, -0.2) is 25.0 Å². The summed E-state index contributed by atoms with van der Waals surface area (Å²) in [5, 5.41) is 2.83. The molecule has 0 saturated carbocycles. The van der Waals surface area contributed by atoms with Gasteiger partial charge in [0, 0.05) is 24.5 Å². The lowest BCUT2D eigenvalue weighted by Crippen LogP contribution is -2.34. The number of rotatable bonds is 4. The van der Waals surface area contributed by atoms with Crippen molar-refractivity contribution < 1.29 is 4.79 Å². The number of hydrogen-bond donors (Lipinski definition) is 2. The van der Waals surface area contributed by atoms with E-state index in [1.54, 1.807) is 0 Å². The van der Waals surface area contributed by atoms with Gasteiger partial charge in [-0.05, 0) is 43.5 Å². The zero-order chi connectivity index (χ0) is 13.0. The van der Waals surface area contributed by atoms with E-state index in [1.165, 1.54) is 18.5 Å². The molecule has 0 radical (unpaired) electrons. The second-order valence-corrected chi connectivity index (χ2v) is 4.75. The van der Waals surface area contributed by atoms with Gasteiger partial charge in [0.2, 0.25) is 5.91 Å². The molecule has 4 heteroatoms. The smallest absolute Gasteiger partial charge is 0.241 e. The van der Waals surface area contributed by atoms with Gasteiger partial charge in [-0.15, -0.1) is 0 Å². The van der Waals surface area contributed by atoms with E-state index in [2.05, 4.69) is 22.3 Å². The first kappa shape index (κ1) is 12.9. The van der Waals surface area contributed by atoms with Crippen LogP contribution >= 0.6 is 0 Å². The summed E-state index contributed by atoms with van der Waals surface area (Å²) in [6.45, 7) is 4.17. The van der Waals surface area contributed by atoms with Crippen molar-refractivity contribution in [3.8, 4) is 0 Å². The van der Waals surface area contributed by atoms with Crippen LogP contribution in [0, 0.1) is 0 Å². The molecule has 3 N–H and O–H groups in total. The van der Waals surface area contributed by atoms with Crippen molar-refractivity contribution in [1.82, 2.24) is 0 Å². The van der Waals surface area contributed by atoms with Crippen molar-refractivity contribution in [1.29, 1.82) is 0 Å². The van der Waals surface area contributed by atoms with Crippen molar-refractivity contribution in [2.45, 2.75) is 32.2 Å². The zero-order valence-corrected chi connectivity index (χ0v) is 10.9. The van der Waals surface area contributed by atoms with E-state index in [0.29, 0.717) is 6.42 Å². The summed E-state index contributed by atoms with van der Waals surface area (Å²) in [5.74, 6) is -0.119. The third-order valence-corrected chi connectivity index (χ3v) is 3.38. The number of amides is 1. The predicted octanol–water partition coefficient (Wildman–Crippen LogP) is 1.96. The highest BCUT2D eigenvalue weighted by molar-refractivity contribution is 5.94. The highest BCUT2D eigenvalue weighted by atomic mass is 16.2. The molecule has 0 aliphatic carbocycles. The first-order valence-electron chi connectivity index (χ1n) is 6.62. The SMILES string of the molecule is CC[C@@H](N)C(=O)Nc1ccc(N2CCCC2)cc1. The fourth-order valence-electron chi connectivity index (χ4n) is 2.15. The number of carbonyl (C=O) groups excluding carboxylic acids is 1. The first-order chi connectivity index (χ1) is 8.70. The normalized spacial score (nSPS) is 16.7. The Kier molecular flexibility index (Phi) is 4.20. The van der Waals surface area contributed by atoms with E-state index in [-0.39, 0.29) is 5.91 Å². The maximum absolute atomic E-state index is 11.6. The molecule has 2 rings (SSSR count). The largest absolute Gasteiger partial charge is 0.372 e. The van der Waals surface area contributed by atoms with Crippen molar-refractivity contribution in [2.75, 3.05) is 23.3 Å². The molecule has 98 valence electrons. The lowest BCUT2D eigenvalue weighted by molar-refractivity contribution is -0.117. The molecule has 1 aromatic carbocycles. The summed E-state index contributed by atoms with van der Waals surface area (Å²) in [6, 6.07) is 7.56. The Hall–Kier alpha value is -1.55. The second-order valence-electron chi connectivity index (χ2n) is 4.75. The standard InChI is InChI=1S/C14H21N3O/c1-2-13(15)14(18)16-11-5-7-12(8-6-11)17-9-3-4-10-17/h5-8,13H,2-4,9-10,15H2,1H3,(H,16,18)/t13-/m1/s1. The third kappa shape index (κ3) is 3.01. The van der Waals surface area contributed by atoms with Gasteiger partial charge < -0.3 is 16.0 Å². The van der Waals surface area contributed by atoms with E-state index < -0.39 is 6.04 Å². The highest BCUT2D eigenvalue weighted by Crippen LogP contribution is 2.22. The van der Waals surface area contributed by atoms with Crippen LogP contribution in [0.25, 0.3) is 0 Å². The van der Waals surface area contributed by atoms with E-state index >= 15 is 0 Å². The van der Waals surface area contributed by atoms with Crippen LogP contribution in [0.5, 0.6) is 0 Å². The molecule has 1 fully saturated rings. The predicted molar refractivity (Wildman–Crippen MR) is 74.8 cm³/mol. The molecule has 4 nitrogen and oxygen atoms in total. The minimum absolute atomic E-state index is 0.119. The average Bonchev–Trinajstić information content (AvgIpc) is 2.92. The Bertz CT molecular complexity index is 396. The van der Waals surface area contributed by atoms with Gasteiger partial charge in [-0.3, -0.25) is 4.79 Å². The van der Waals surface area contributed by atoms with Crippen LogP contribution in [0.3, 0.4) is 0 Å². The van der Waals surface area contributed by atoms with Crippen LogP contribution in [0.4, 0.5) is 11.4 Å². The van der Waals surface area contributed by atoms with E-state index in [0.717, 1.165) is 18.8 Å². The number of nitrogens with two attached hydrogens (primary N) is 1. The Morgan fingerprint density at radius 1 is 1.33 bits per heavy atom. The van der Waals surface area contributed by atoms with Crippen LogP contribution in [-0.2, 0) is 4.79 Å². The van der Waals surface area contributed by atoms with Gasteiger partial charge >= 0.3 is 0 Å². The van der Waals surface area contributed by atoms with E-state index in [1.807, 2.05) is 19.1 Å². The summed E-state index contributed by atoms with van der Waals surface area (Å²) in [6.07, 6.45) is 3.19. The summed E-state index contributed by atoms with van der Waals surface area (Å²) in [5.41, 5.74) is 7.71. The van der Waals surface area contributed by atoms with E-state index in [4.69, 9.17) is 5.73 Å². The lowest BCUT2D eigenvalue weighted by Gasteiger charge is -2.18. The minimum Gasteiger partial charge on any atom is -0.372 e. The Labute approximate surface area is 108 Å². The molecule has 1 aromatic rings. The summed E-state index contributed by atoms with van der Waals surface area (Å²) < 4.78 is 0. The van der Waals surface area contributed by atoms with Gasteiger partial charge in [-0.25, -0.2) is 0 Å². The highest BCUT2D eigenvalue weighted by Gasteiger charge is 2.13. The van der Waals surface area contributed by atoms with Gasteiger partial charge in [0.25, 0.3) is 0 Å². The van der Waals surface area contributed by atoms with Crippen molar-refractivity contribution >= 4 is 17.3 Å². The molecule has 1 saturated heterocycles. The number of benzene rings is 1. The van der Waals surface area contributed by atoms with Crippen LogP contribution in [0.2, 0.25) is 0 Å². The number of anilines is 2. The molecule has 0 unspecified atom stereocenters. The number of nitrogens with one attached hydrogen (secondary N) is 1. The number of hydrogen-bond acceptors (Lipinski definition) is 3. The van der Waals surface area contributed by atoms with Crippen molar-refractivity contribution in [3.05, 3.63) is 24.3 Å². The van der Waals surface area contributed by atoms with Gasteiger partial charge in [0.1, 0.15) is 0 Å². The number of carbonyl (C=O) groups is 1. The molecule has 0 spiro atoms. The van der Waals surface area contributed by atoms with Gasteiger partial charge in [0.15, 0.2) is 0 Å². The van der Waals surface area contributed by atoms with Gasteiger partial charge in [0.05, 0.1) is 6.04 Å². The summed E-state index contributed by atoms with van der Waals surface area (Å²) in [4.78, 5) is 14.0.